The lowest BCUT2D eigenvalue weighted by atomic mass is 9.92. The second-order valence-electron chi connectivity index (χ2n) is 3.86. The third-order valence-corrected chi connectivity index (χ3v) is 3.03. The molecule has 4 heteroatoms. The van der Waals surface area contributed by atoms with Crippen molar-refractivity contribution in [3.63, 3.8) is 0 Å². The summed E-state index contributed by atoms with van der Waals surface area (Å²) in [6.45, 7) is 4.79. The van der Waals surface area contributed by atoms with E-state index in [9.17, 15) is 0 Å². The zero-order valence-corrected chi connectivity index (χ0v) is 9.83. The van der Waals surface area contributed by atoms with E-state index in [4.69, 9.17) is 11.0 Å². The molecule has 86 valence electrons. The van der Waals surface area contributed by atoms with E-state index in [1.165, 1.54) is 0 Å². The zero-order valence-electron chi connectivity index (χ0n) is 9.83. The first-order valence-corrected chi connectivity index (χ1v) is 5.54. The topological polar surface area (TPSA) is 74.7 Å². The van der Waals surface area contributed by atoms with Crippen LogP contribution in [0.2, 0.25) is 0 Å². The third kappa shape index (κ3) is 2.71. The molecule has 0 radical (unpaired) electrons. The van der Waals surface area contributed by atoms with Crippen molar-refractivity contribution in [1.29, 1.82) is 5.26 Å². The molecule has 0 unspecified atom stereocenters. The lowest BCUT2D eigenvalue weighted by Crippen LogP contribution is -2.44. The molecule has 0 bridgehead atoms. The van der Waals surface area contributed by atoms with Gasteiger partial charge < -0.3 is 11.1 Å². The molecule has 3 N–H and O–H groups in total. The Kier molecular flexibility index (Phi) is 4.27. The van der Waals surface area contributed by atoms with Crippen LogP contribution in [-0.2, 0) is 0 Å². The zero-order chi connectivity index (χ0) is 12.0. The molecule has 4 nitrogen and oxygen atoms in total. The number of nitriles is 1. The van der Waals surface area contributed by atoms with Crippen molar-refractivity contribution in [3.8, 4) is 6.07 Å². The van der Waals surface area contributed by atoms with Gasteiger partial charge in [-0.3, -0.25) is 0 Å². The van der Waals surface area contributed by atoms with Crippen LogP contribution < -0.4 is 11.1 Å². The fourth-order valence-corrected chi connectivity index (χ4v) is 1.64. The molecule has 0 saturated heterocycles. The smallest absolute Gasteiger partial charge is 0.142 e. The van der Waals surface area contributed by atoms with Crippen LogP contribution in [0.4, 0.5) is 5.69 Å². The first kappa shape index (κ1) is 12.5. The highest BCUT2D eigenvalue weighted by Gasteiger charge is 2.23. The molecule has 1 rings (SSSR count). The van der Waals surface area contributed by atoms with Gasteiger partial charge in [-0.25, -0.2) is 4.98 Å². The number of nitrogens with two attached hydrogens (primary N) is 1. The summed E-state index contributed by atoms with van der Waals surface area (Å²) in [5.74, 6) is 0. The highest BCUT2D eigenvalue weighted by Crippen LogP contribution is 2.21. The Hall–Kier alpha value is -1.60. The van der Waals surface area contributed by atoms with Crippen molar-refractivity contribution in [2.75, 3.05) is 11.9 Å². The highest BCUT2D eigenvalue weighted by atomic mass is 15.0. The summed E-state index contributed by atoms with van der Waals surface area (Å²) in [6.07, 6.45) is 3.53. The summed E-state index contributed by atoms with van der Waals surface area (Å²) in [5.41, 5.74) is 7.04. The lowest BCUT2D eigenvalue weighted by Gasteiger charge is -2.32. The van der Waals surface area contributed by atoms with Crippen LogP contribution >= 0.6 is 0 Å². The number of anilines is 1. The largest absolute Gasteiger partial charge is 0.378 e. The van der Waals surface area contributed by atoms with E-state index in [-0.39, 0.29) is 5.54 Å². The summed E-state index contributed by atoms with van der Waals surface area (Å²) in [6, 6.07) is 5.63. The quantitative estimate of drug-likeness (QED) is 0.791. The molecule has 0 aromatic carbocycles. The maximum absolute atomic E-state index is 8.77. The molecule has 16 heavy (non-hydrogen) atoms. The average Bonchev–Trinajstić information content (AvgIpc) is 2.36. The van der Waals surface area contributed by atoms with Gasteiger partial charge in [0, 0.05) is 24.0 Å². The van der Waals surface area contributed by atoms with E-state index < -0.39 is 0 Å². The Morgan fingerprint density at radius 3 is 2.69 bits per heavy atom. The number of nitrogens with zero attached hydrogens (tertiary/aromatic N) is 2. The number of hydrogen-bond donors (Lipinski definition) is 2. The second kappa shape index (κ2) is 5.47. The molecule has 0 aliphatic heterocycles. The number of aromatic nitrogens is 1. The van der Waals surface area contributed by atoms with Crippen molar-refractivity contribution in [2.45, 2.75) is 32.2 Å². The van der Waals surface area contributed by atoms with E-state index in [1.807, 2.05) is 12.1 Å². The van der Waals surface area contributed by atoms with Crippen molar-refractivity contribution in [3.05, 3.63) is 24.0 Å². The number of hydrogen-bond acceptors (Lipinski definition) is 4. The SMILES string of the molecule is CCC(CC)(CN)Nc1ccnc(C#N)c1. The van der Waals surface area contributed by atoms with Gasteiger partial charge in [0.05, 0.1) is 0 Å². The molecule has 0 saturated carbocycles. The maximum atomic E-state index is 8.77. The van der Waals surface area contributed by atoms with Gasteiger partial charge in [-0.15, -0.1) is 0 Å². The first-order valence-electron chi connectivity index (χ1n) is 5.54. The predicted molar refractivity (Wildman–Crippen MR) is 64.9 cm³/mol. The van der Waals surface area contributed by atoms with Gasteiger partial charge in [0.2, 0.25) is 0 Å². The third-order valence-electron chi connectivity index (χ3n) is 3.03. The van der Waals surface area contributed by atoms with Gasteiger partial charge in [0.25, 0.3) is 0 Å². The van der Waals surface area contributed by atoms with Crippen molar-refractivity contribution >= 4 is 5.69 Å². The van der Waals surface area contributed by atoms with E-state index in [1.54, 1.807) is 12.3 Å². The monoisotopic (exact) mass is 218 g/mol. The number of rotatable bonds is 5. The normalized spacial score (nSPS) is 10.9. The Balaban J connectivity index is 2.90. The minimum absolute atomic E-state index is 0.0892. The molecule has 0 fully saturated rings. The van der Waals surface area contributed by atoms with Gasteiger partial charge in [-0.1, -0.05) is 13.8 Å². The molecule has 1 aromatic heterocycles. The van der Waals surface area contributed by atoms with Gasteiger partial charge >= 0.3 is 0 Å². The standard InChI is InChI=1S/C12H18N4/c1-3-12(4-2,9-14)16-10-5-6-15-11(7-10)8-13/h5-7H,3-4,9,14H2,1-2H3,(H,15,16). The van der Waals surface area contributed by atoms with Crippen molar-refractivity contribution in [2.24, 2.45) is 5.73 Å². The van der Waals surface area contributed by atoms with Gasteiger partial charge in [0.1, 0.15) is 11.8 Å². The summed E-state index contributed by atoms with van der Waals surface area (Å²) in [4.78, 5) is 3.93. The summed E-state index contributed by atoms with van der Waals surface area (Å²) in [7, 11) is 0. The fraction of sp³-hybridized carbons (Fsp3) is 0.500. The molecule has 0 aliphatic carbocycles. The molecule has 0 aliphatic rings. The molecule has 1 heterocycles. The maximum Gasteiger partial charge on any atom is 0.142 e. The Morgan fingerprint density at radius 1 is 1.50 bits per heavy atom. The molecule has 0 spiro atoms. The average molecular weight is 218 g/mol. The molecule has 0 atom stereocenters. The Labute approximate surface area is 96.5 Å². The molecule has 1 aromatic rings. The van der Waals surface area contributed by atoms with E-state index in [2.05, 4.69) is 24.1 Å². The van der Waals surface area contributed by atoms with Gasteiger partial charge in [-0.2, -0.15) is 5.26 Å². The van der Waals surface area contributed by atoms with Gasteiger partial charge in [-0.05, 0) is 25.0 Å². The Morgan fingerprint density at radius 2 is 2.19 bits per heavy atom. The minimum atomic E-state index is -0.0892. The van der Waals surface area contributed by atoms with Crippen LogP contribution in [-0.4, -0.2) is 17.1 Å². The lowest BCUT2D eigenvalue weighted by molar-refractivity contribution is 0.445. The second-order valence-corrected chi connectivity index (χ2v) is 3.86. The van der Waals surface area contributed by atoms with E-state index >= 15 is 0 Å². The predicted octanol–water partition coefficient (Wildman–Crippen LogP) is 1.88. The molecule has 0 amide bonds. The summed E-state index contributed by atoms with van der Waals surface area (Å²) >= 11 is 0. The van der Waals surface area contributed by atoms with Crippen LogP contribution in [0, 0.1) is 11.3 Å². The summed E-state index contributed by atoms with van der Waals surface area (Å²) in [5, 5.41) is 12.2. The van der Waals surface area contributed by atoms with Crippen molar-refractivity contribution < 1.29 is 0 Å². The molecular weight excluding hydrogens is 200 g/mol. The van der Waals surface area contributed by atoms with E-state index in [0.29, 0.717) is 12.2 Å². The van der Waals surface area contributed by atoms with Crippen LogP contribution in [0.5, 0.6) is 0 Å². The van der Waals surface area contributed by atoms with Crippen LogP contribution in [0.15, 0.2) is 18.3 Å². The Bertz CT molecular complexity index is 369. The van der Waals surface area contributed by atoms with Gasteiger partial charge in [0.15, 0.2) is 0 Å². The first-order chi connectivity index (χ1) is 7.69. The number of nitrogens with one attached hydrogen (secondary N) is 1. The van der Waals surface area contributed by atoms with E-state index in [0.717, 1.165) is 18.5 Å². The van der Waals surface area contributed by atoms with Crippen molar-refractivity contribution in [1.82, 2.24) is 4.98 Å². The van der Waals surface area contributed by atoms with Crippen LogP contribution in [0.1, 0.15) is 32.4 Å². The fourth-order valence-electron chi connectivity index (χ4n) is 1.64. The highest BCUT2D eigenvalue weighted by molar-refractivity contribution is 5.48. The minimum Gasteiger partial charge on any atom is -0.378 e. The van der Waals surface area contributed by atoms with Crippen LogP contribution in [0.25, 0.3) is 0 Å². The summed E-state index contributed by atoms with van der Waals surface area (Å²) < 4.78 is 0. The van der Waals surface area contributed by atoms with Crippen LogP contribution in [0.3, 0.4) is 0 Å². The molecular formula is C12H18N4. The number of pyridine rings is 1.